The van der Waals surface area contributed by atoms with Crippen molar-refractivity contribution in [3.05, 3.63) is 71.5 Å². The normalized spacial score (nSPS) is 18.5. The van der Waals surface area contributed by atoms with E-state index in [-0.39, 0.29) is 24.2 Å². The van der Waals surface area contributed by atoms with Crippen LogP contribution in [0.1, 0.15) is 21.7 Å². The molecule has 2 unspecified atom stereocenters. The molecule has 0 bridgehead atoms. The monoisotopic (exact) mass is 432 g/mol. The lowest BCUT2D eigenvalue weighted by molar-refractivity contribution is 0.0901. The van der Waals surface area contributed by atoms with Gasteiger partial charge in [0.05, 0.1) is 6.10 Å². The Balaban J connectivity index is 0.00000240. The molecule has 1 aromatic heterocycles. The van der Waals surface area contributed by atoms with Crippen LogP contribution < -0.4 is 10.6 Å². The molecular weight excluding hydrogens is 408 g/mol. The van der Waals surface area contributed by atoms with Gasteiger partial charge in [-0.15, -0.1) is 12.4 Å². The van der Waals surface area contributed by atoms with Crippen molar-refractivity contribution in [2.24, 2.45) is 5.92 Å². The molecule has 5 nitrogen and oxygen atoms in total. The summed E-state index contributed by atoms with van der Waals surface area (Å²) < 4.78 is 5.90. The zero-order valence-corrected chi connectivity index (χ0v) is 17.6. The second kappa shape index (κ2) is 10.2. The molecule has 1 aliphatic rings. The quantitative estimate of drug-likeness (QED) is 0.532. The van der Waals surface area contributed by atoms with E-state index in [0.717, 1.165) is 22.3 Å². The van der Waals surface area contributed by atoms with Gasteiger partial charge in [-0.2, -0.15) is 11.8 Å². The number of aliphatic hydroxyl groups excluding tert-OH is 1. The van der Waals surface area contributed by atoms with Crippen molar-refractivity contribution in [2.75, 3.05) is 19.6 Å². The molecule has 154 valence electrons. The first-order valence-corrected chi connectivity index (χ1v) is 10.7. The number of nitrogens with one attached hydrogen (secondary N) is 2. The molecule has 0 saturated carbocycles. The lowest BCUT2D eigenvalue weighted by atomic mass is 10.1. The van der Waals surface area contributed by atoms with Gasteiger partial charge in [-0.25, -0.2) is 0 Å². The molecule has 3 aromatic rings. The van der Waals surface area contributed by atoms with E-state index in [1.54, 1.807) is 11.8 Å². The van der Waals surface area contributed by atoms with Gasteiger partial charge in [0, 0.05) is 48.0 Å². The minimum atomic E-state index is -0.420. The fourth-order valence-corrected chi connectivity index (χ4v) is 4.52. The fourth-order valence-electron chi connectivity index (χ4n) is 3.50. The number of carbonyl (C=O) groups is 1. The summed E-state index contributed by atoms with van der Waals surface area (Å²) in [5.74, 6) is 1.76. The van der Waals surface area contributed by atoms with Crippen molar-refractivity contribution in [3.8, 4) is 0 Å². The first-order valence-electron chi connectivity index (χ1n) is 9.51. The predicted octanol–water partition coefficient (Wildman–Crippen LogP) is 3.60. The smallest absolute Gasteiger partial charge is 0.287 e. The number of para-hydroxylation sites is 1. The largest absolute Gasteiger partial charge is 0.451 e. The van der Waals surface area contributed by atoms with E-state index in [9.17, 15) is 9.90 Å². The summed E-state index contributed by atoms with van der Waals surface area (Å²) in [4.78, 5) is 12.8. The van der Waals surface area contributed by atoms with E-state index in [2.05, 4.69) is 22.8 Å². The molecule has 1 fully saturated rings. The molecule has 1 aliphatic heterocycles. The van der Waals surface area contributed by atoms with Gasteiger partial charge in [-0.3, -0.25) is 4.79 Å². The average Bonchev–Trinajstić information content (AvgIpc) is 3.30. The molecule has 1 amide bonds. The minimum Gasteiger partial charge on any atom is -0.451 e. The Morgan fingerprint density at radius 2 is 1.86 bits per heavy atom. The summed E-state index contributed by atoms with van der Waals surface area (Å²) in [6.07, 6.45) is -0.420. The highest BCUT2D eigenvalue weighted by molar-refractivity contribution is 7.97. The van der Waals surface area contributed by atoms with Crippen LogP contribution in [0, 0.1) is 5.92 Å². The second-order valence-electron chi connectivity index (χ2n) is 7.08. The van der Waals surface area contributed by atoms with Crippen molar-refractivity contribution in [1.82, 2.24) is 10.6 Å². The summed E-state index contributed by atoms with van der Waals surface area (Å²) in [5, 5.41) is 17.0. The third-order valence-electron chi connectivity index (χ3n) is 5.09. The number of hydrogen-bond donors (Lipinski definition) is 3. The lowest BCUT2D eigenvalue weighted by Gasteiger charge is -2.13. The average molecular weight is 433 g/mol. The molecule has 7 heteroatoms. The number of aliphatic hydroxyl groups is 1. The van der Waals surface area contributed by atoms with Gasteiger partial charge < -0.3 is 20.2 Å². The van der Waals surface area contributed by atoms with Crippen molar-refractivity contribution in [1.29, 1.82) is 0 Å². The fraction of sp³-hybridized carbons (Fsp3) is 0.318. The number of rotatable bonds is 7. The summed E-state index contributed by atoms with van der Waals surface area (Å²) in [7, 11) is 0. The number of β-amino-alcohol motifs (C(OH)–C–C–N with tert-alkyl or cyclic N) is 1. The topological polar surface area (TPSA) is 74.5 Å². The van der Waals surface area contributed by atoms with Gasteiger partial charge in [0.15, 0.2) is 5.76 Å². The van der Waals surface area contributed by atoms with Crippen LogP contribution in [-0.4, -0.2) is 36.8 Å². The van der Waals surface area contributed by atoms with Crippen LogP contribution in [0.3, 0.4) is 0 Å². The van der Waals surface area contributed by atoms with E-state index in [1.165, 1.54) is 5.56 Å². The van der Waals surface area contributed by atoms with Crippen LogP contribution in [0.25, 0.3) is 11.0 Å². The van der Waals surface area contributed by atoms with Gasteiger partial charge in [0.25, 0.3) is 5.91 Å². The summed E-state index contributed by atoms with van der Waals surface area (Å²) in [6.45, 7) is 1.72. The Kier molecular flexibility index (Phi) is 7.61. The van der Waals surface area contributed by atoms with Crippen LogP contribution in [0.2, 0.25) is 0 Å². The Morgan fingerprint density at radius 3 is 2.62 bits per heavy atom. The Hall–Kier alpha value is -1.99. The Morgan fingerprint density at radius 1 is 1.10 bits per heavy atom. The van der Waals surface area contributed by atoms with Crippen molar-refractivity contribution >= 4 is 41.0 Å². The second-order valence-corrected chi connectivity index (χ2v) is 8.07. The summed E-state index contributed by atoms with van der Waals surface area (Å²) in [6, 6.07) is 18.1. The standard InChI is InChI=1S/C22H24N2O3S.ClH/c25-19-12-23-10-16(19)11-24-22(26)21-18(17-8-4-5-9-20(17)27-21)14-28-13-15-6-2-1-3-7-15;/h1-9,16,19,23,25H,10-14H2,(H,24,26);1H. The van der Waals surface area contributed by atoms with Gasteiger partial charge in [0.2, 0.25) is 0 Å². The van der Waals surface area contributed by atoms with Crippen LogP contribution >= 0.6 is 24.2 Å². The molecule has 29 heavy (non-hydrogen) atoms. The van der Waals surface area contributed by atoms with E-state index in [1.807, 2.05) is 42.5 Å². The number of thioether (sulfide) groups is 1. The minimum absolute atomic E-state index is 0. The first-order chi connectivity index (χ1) is 13.7. The zero-order valence-electron chi connectivity index (χ0n) is 16.0. The lowest BCUT2D eigenvalue weighted by Crippen LogP contribution is -2.34. The molecule has 2 atom stereocenters. The van der Waals surface area contributed by atoms with Crippen LogP contribution in [0.4, 0.5) is 0 Å². The number of fused-ring (bicyclic) bond motifs is 1. The van der Waals surface area contributed by atoms with Crippen LogP contribution in [-0.2, 0) is 11.5 Å². The zero-order chi connectivity index (χ0) is 19.3. The highest BCUT2D eigenvalue weighted by Gasteiger charge is 2.27. The predicted molar refractivity (Wildman–Crippen MR) is 120 cm³/mol. The maximum absolute atomic E-state index is 12.8. The maximum Gasteiger partial charge on any atom is 0.287 e. The van der Waals surface area contributed by atoms with Crippen molar-refractivity contribution < 1.29 is 14.3 Å². The number of halogens is 1. The highest BCUT2D eigenvalue weighted by atomic mass is 35.5. The number of benzene rings is 2. The van der Waals surface area contributed by atoms with Gasteiger partial charge in [0.1, 0.15) is 5.58 Å². The van der Waals surface area contributed by atoms with E-state index < -0.39 is 6.10 Å². The molecule has 4 rings (SSSR count). The molecule has 2 aromatic carbocycles. The Bertz CT molecular complexity index is 948. The number of amides is 1. The number of hydrogen-bond acceptors (Lipinski definition) is 5. The third-order valence-corrected chi connectivity index (χ3v) is 6.12. The van der Waals surface area contributed by atoms with Crippen molar-refractivity contribution in [2.45, 2.75) is 17.6 Å². The number of furan rings is 1. The SMILES string of the molecule is Cl.O=C(NCC1CNCC1O)c1oc2ccccc2c1CSCc1ccccc1. The first kappa shape index (κ1) is 21.7. The maximum atomic E-state index is 12.8. The van der Waals surface area contributed by atoms with Gasteiger partial charge >= 0.3 is 0 Å². The highest BCUT2D eigenvalue weighted by Crippen LogP contribution is 2.30. The van der Waals surface area contributed by atoms with E-state index in [4.69, 9.17) is 4.42 Å². The van der Waals surface area contributed by atoms with E-state index in [0.29, 0.717) is 31.1 Å². The molecule has 2 heterocycles. The molecular formula is C22H25ClN2O3S. The molecule has 3 N–H and O–H groups in total. The summed E-state index contributed by atoms with van der Waals surface area (Å²) in [5.41, 5.74) is 2.92. The van der Waals surface area contributed by atoms with Crippen molar-refractivity contribution in [3.63, 3.8) is 0 Å². The van der Waals surface area contributed by atoms with Crippen LogP contribution in [0.5, 0.6) is 0 Å². The molecule has 0 spiro atoms. The molecule has 1 saturated heterocycles. The van der Waals surface area contributed by atoms with E-state index >= 15 is 0 Å². The molecule has 0 radical (unpaired) electrons. The molecule has 0 aliphatic carbocycles. The Labute approximate surface area is 180 Å². The summed E-state index contributed by atoms with van der Waals surface area (Å²) >= 11 is 1.76. The third kappa shape index (κ3) is 5.14. The van der Waals surface area contributed by atoms with Gasteiger partial charge in [-0.05, 0) is 11.6 Å². The van der Waals surface area contributed by atoms with Crippen LogP contribution in [0.15, 0.2) is 59.0 Å². The van der Waals surface area contributed by atoms with Gasteiger partial charge in [-0.1, -0.05) is 48.5 Å². The number of carbonyl (C=O) groups excluding carboxylic acids is 1.